The van der Waals surface area contributed by atoms with Crippen molar-refractivity contribution in [2.75, 3.05) is 10.0 Å². The summed E-state index contributed by atoms with van der Waals surface area (Å²) in [5, 5.41) is 2.76. The van der Waals surface area contributed by atoms with Crippen molar-refractivity contribution in [2.24, 2.45) is 0 Å². The fourth-order valence-electron chi connectivity index (χ4n) is 3.75. The molecule has 156 valence electrons. The number of aryl methyl sites for hydroxylation is 2. The summed E-state index contributed by atoms with van der Waals surface area (Å²) in [6.45, 7) is 1.94. The second kappa shape index (κ2) is 7.21. The monoisotopic (exact) mass is 433 g/mol. The highest BCUT2D eigenvalue weighted by Gasteiger charge is 2.20. The van der Waals surface area contributed by atoms with Gasteiger partial charge < -0.3 is 5.32 Å². The van der Waals surface area contributed by atoms with Crippen LogP contribution in [-0.4, -0.2) is 28.7 Å². The van der Waals surface area contributed by atoms with Crippen LogP contribution in [0.4, 0.5) is 11.4 Å². The van der Waals surface area contributed by atoms with Crippen molar-refractivity contribution in [2.45, 2.75) is 24.7 Å². The molecule has 1 aliphatic heterocycles. The maximum absolute atomic E-state index is 13.0. The number of hydrogen-bond acceptors (Lipinski definition) is 5. The molecular weight excluding hydrogens is 414 g/mol. The summed E-state index contributed by atoms with van der Waals surface area (Å²) in [6.07, 6.45) is 4.43. The molecule has 2 aromatic carbocycles. The van der Waals surface area contributed by atoms with Gasteiger partial charge in [0.1, 0.15) is 0 Å². The zero-order valence-electron chi connectivity index (χ0n) is 16.7. The molecule has 0 atom stereocenters. The van der Waals surface area contributed by atoms with Gasteiger partial charge in [0.2, 0.25) is 11.7 Å². The van der Waals surface area contributed by atoms with Gasteiger partial charge >= 0.3 is 0 Å². The molecule has 1 aliphatic rings. The van der Waals surface area contributed by atoms with E-state index in [0.717, 1.165) is 22.5 Å². The first-order valence-electron chi connectivity index (χ1n) is 9.76. The van der Waals surface area contributed by atoms with Crippen LogP contribution in [0.25, 0.3) is 17.0 Å². The van der Waals surface area contributed by atoms with Crippen molar-refractivity contribution >= 4 is 33.1 Å². The zero-order chi connectivity index (χ0) is 21.6. The predicted molar refractivity (Wildman–Crippen MR) is 117 cm³/mol. The summed E-state index contributed by atoms with van der Waals surface area (Å²) in [6, 6.07) is 13.7. The Hall–Kier alpha value is -3.72. The van der Waals surface area contributed by atoms with Crippen molar-refractivity contribution in [3.63, 3.8) is 0 Å². The van der Waals surface area contributed by atoms with Crippen LogP contribution in [0.1, 0.15) is 17.7 Å². The van der Waals surface area contributed by atoms with E-state index in [9.17, 15) is 13.2 Å². The van der Waals surface area contributed by atoms with Crippen molar-refractivity contribution < 1.29 is 13.2 Å². The summed E-state index contributed by atoms with van der Waals surface area (Å²) < 4.78 is 30.5. The molecule has 2 N–H and O–H groups in total. The van der Waals surface area contributed by atoms with Gasteiger partial charge in [0.15, 0.2) is 0 Å². The minimum absolute atomic E-state index is 0.0597. The Kier molecular flexibility index (Phi) is 4.48. The average Bonchev–Trinajstić information content (AvgIpc) is 3.10. The van der Waals surface area contributed by atoms with Crippen LogP contribution in [0.2, 0.25) is 0 Å². The lowest BCUT2D eigenvalue weighted by atomic mass is 10.0. The van der Waals surface area contributed by atoms with Crippen LogP contribution in [-0.2, 0) is 21.2 Å². The Labute approximate surface area is 179 Å². The zero-order valence-corrected chi connectivity index (χ0v) is 17.5. The van der Waals surface area contributed by atoms with E-state index in [1.807, 2.05) is 29.7 Å². The number of sulfonamides is 1. The normalized spacial score (nSPS) is 13.6. The minimum Gasteiger partial charge on any atom is -0.326 e. The number of amides is 1. The molecule has 1 amide bonds. The lowest BCUT2D eigenvalue weighted by molar-refractivity contribution is -0.116. The number of rotatable bonds is 4. The number of nitrogens with zero attached hydrogens (tertiary/aromatic N) is 3. The molecule has 0 fully saturated rings. The van der Waals surface area contributed by atoms with Gasteiger partial charge in [-0.3, -0.25) is 13.9 Å². The summed E-state index contributed by atoms with van der Waals surface area (Å²) in [4.78, 5) is 20.5. The SMILES string of the molecule is Cc1c(-c2cccc(NS(=O)(=O)c3ccc4c(c3)CCC(=O)N4)c2)nc2ncccn12. The summed E-state index contributed by atoms with van der Waals surface area (Å²) in [5.74, 6) is 0.526. The highest BCUT2D eigenvalue weighted by Crippen LogP contribution is 2.29. The number of imidazole rings is 1. The van der Waals surface area contributed by atoms with Crippen LogP contribution in [0.15, 0.2) is 65.8 Å². The Balaban J connectivity index is 1.46. The van der Waals surface area contributed by atoms with Gasteiger partial charge in [0.25, 0.3) is 10.0 Å². The molecule has 9 heteroatoms. The smallest absolute Gasteiger partial charge is 0.261 e. The third-order valence-corrected chi connectivity index (χ3v) is 6.69. The summed E-state index contributed by atoms with van der Waals surface area (Å²) in [5.41, 5.74) is 4.35. The predicted octanol–water partition coefficient (Wildman–Crippen LogP) is 3.39. The minimum atomic E-state index is -3.79. The quantitative estimate of drug-likeness (QED) is 0.513. The maximum Gasteiger partial charge on any atom is 0.261 e. The molecule has 4 aromatic rings. The first-order valence-corrected chi connectivity index (χ1v) is 11.2. The fraction of sp³-hybridized carbons (Fsp3) is 0.136. The first-order chi connectivity index (χ1) is 14.9. The van der Waals surface area contributed by atoms with Crippen LogP contribution in [0.5, 0.6) is 0 Å². The molecule has 0 saturated carbocycles. The molecule has 8 nitrogen and oxygen atoms in total. The lowest BCUT2D eigenvalue weighted by Gasteiger charge is -2.18. The van der Waals surface area contributed by atoms with Crippen LogP contribution < -0.4 is 10.0 Å². The van der Waals surface area contributed by atoms with E-state index in [4.69, 9.17) is 0 Å². The maximum atomic E-state index is 13.0. The number of carbonyl (C=O) groups is 1. The van der Waals surface area contributed by atoms with Gasteiger partial charge in [-0.25, -0.2) is 18.4 Å². The highest BCUT2D eigenvalue weighted by molar-refractivity contribution is 7.92. The summed E-state index contributed by atoms with van der Waals surface area (Å²) >= 11 is 0. The Bertz CT molecular complexity index is 1440. The Morgan fingerprint density at radius 3 is 2.81 bits per heavy atom. The molecule has 0 aliphatic carbocycles. The Morgan fingerprint density at radius 1 is 1.10 bits per heavy atom. The van der Waals surface area contributed by atoms with E-state index in [-0.39, 0.29) is 10.8 Å². The second-order valence-electron chi connectivity index (χ2n) is 7.39. The van der Waals surface area contributed by atoms with E-state index in [2.05, 4.69) is 20.0 Å². The second-order valence-corrected chi connectivity index (χ2v) is 9.07. The van der Waals surface area contributed by atoms with E-state index in [1.165, 1.54) is 6.07 Å². The van der Waals surface area contributed by atoms with E-state index >= 15 is 0 Å². The van der Waals surface area contributed by atoms with E-state index in [0.29, 0.717) is 30.0 Å². The number of benzene rings is 2. The van der Waals surface area contributed by atoms with Gasteiger partial charge in [0.05, 0.1) is 10.6 Å². The van der Waals surface area contributed by atoms with E-state index in [1.54, 1.807) is 36.5 Å². The highest BCUT2D eigenvalue weighted by atomic mass is 32.2. The number of aromatic nitrogens is 3. The molecule has 3 heterocycles. The third kappa shape index (κ3) is 3.53. The van der Waals surface area contributed by atoms with Gasteiger partial charge in [-0.05, 0) is 55.3 Å². The molecule has 5 rings (SSSR count). The molecule has 2 aromatic heterocycles. The number of hydrogen-bond donors (Lipinski definition) is 2. The molecule has 0 radical (unpaired) electrons. The molecule has 0 spiro atoms. The molecular formula is C22H19N5O3S. The van der Waals surface area contributed by atoms with E-state index < -0.39 is 10.0 Å². The fourth-order valence-corrected chi connectivity index (χ4v) is 4.85. The first kappa shape index (κ1) is 19.3. The Morgan fingerprint density at radius 2 is 1.97 bits per heavy atom. The molecule has 0 unspecified atom stereocenters. The largest absolute Gasteiger partial charge is 0.326 e. The van der Waals surface area contributed by atoms with Crippen molar-refractivity contribution in [1.29, 1.82) is 0 Å². The lowest BCUT2D eigenvalue weighted by Crippen LogP contribution is -2.20. The molecule has 0 saturated heterocycles. The van der Waals surface area contributed by atoms with Crippen LogP contribution in [0.3, 0.4) is 0 Å². The number of fused-ring (bicyclic) bond motifs is 2. The van der Waals surface area contributed by atoms with Gasteiger partial charge in [0, 0.05) is 41.4 Å². The average molecular weight is 433 g/mol. The molecule has 0 bridgehead atoms. The third-order valence-electron chi connectivity index (χ3n) is 5.31. The van der Waals surface area contributed by atoms with Gasteiger partial charge in [-0.1, -0.05) is 12.1 Å². The van der Waals surface area contributed by atoms with Crippen molar-refractivity contribution in [3.8, 4) is 11.3 Å². The topological polar surface area (TPSA) is 105 Å². The van der Waals surface area contributed by atoms with Gasteiger partial charge in [-0.15, -0.1) is 0 Å². The van der Waals surface area contributed by atoms with Crippen molar-refractivity contribution in [1.82, 2.24) is 14.4 Å². The van der Waals surface area contributed by atoms with Gasteiger partial charge in [-0.2, -0.15) is 0 Å². The molecule has 31 heavy (non-hydrogen) atoms. The standard InChI is InChI=1S/C22H19N5O3S/c1-14-21(25-22-23-10-3-11-27(14)22)16-4-2-5-17(12-16)26-31(29,30)18-7-8-19-15(13-18)6-9-20(28)24-19/h2-5,7-8,10-13,26H,6,9H2,1H3,(H,24,28). The van der Waals surface area contributed by atoms with Crippen LogP contribution in [0, 0.1) is 6.92 Å². The number of nitrogens with one attached hydrogen (secondary N) is 2. The summed E-state index contributed by atoms with van der Waals surface area (Å²) in [7, 11) is -3.79. The number of carbonyl (C=O) groups excluding carboxylic acids is 1. The van der Waals surface area contributed by atoms with Crippen LogP contribution >= 0.6 is 0 Å². The number of anilines is 2. The van der Waals surface area contributed by atoms with Crippen molar-refractivity contribution in [3.05, 3.63) is 72.2 Å².